The van der Waals surface area contributed by atoms with Crippen molar-refractivity contribution in [2.24, 2.45) is 4.99 Å². The topological polar surface area (TPSA) is 68.1 Å². The Morgan fingerprint density at radius 1 is 1.33 bits per heavy atom. The van der Waals surface area contributed by atoms with Crippen LogP contribution in [0.4, 0.5) is 23.2 Å². The van der Waals surface area contributed by atoms with Crippen LogP contribution in [0, 0.1) is 0 Å². The highest BCUT2D eigenvalue weighted by Gasteiger charge is 2.48. The van der Waals surface area contributed by atoms with Crippen molar-refractivity contribution in [3.05, 3.63) is 35.6 Å². The van der Waals surface area contributed by atoms with E-state index in [0.29, 0.717) is 12.0 Å². The third kappa shape index (κ3) is 4.71. The fourth-order valence-corrected chi connectivity index (χ4v) is 1.51. The minimum atomic E-state index is -4.91. The van der Waals surface area contributed by atoms with Crippen molar-refractivity contribution in [2.45, 2.75) is 19.3 Å². The van der Waals surface area contributed by atoms with Gasteiger partial charge in [0.1, 0.15) is 11.3 Å². The number of hydrogen-bond donors (Lipinski definition) is 1. The smallest absolute Gasteiger partial charge is 0.363 e. The second kappa shape index (κ2) is 8.32. The molecule has 0 atom stereocenters. The molecule has 0 bridgehead atoms. The molecule has 1 aromatic carbocycles. The Hall–Kier alpha value is -2.58. The molecule has 0 unspecified atom stereocenters. The predicted molar refractivity (Wildman–Crippen MR) is 78.4 cm³/mol. The first-order chi connectivity index (χ1) is 11.2. The summed E-state index contributed by atoms with van der Waals surface area (Å²) in [5.74, 6) is -7.91. The monoisotopic (exact) mass is 349 g/mol. The van der Waals surface area contributed by atoms with Crippen LogP contribution in [-0.4, -0.2) is 43.4 Å². The molecule has 0 saturated heterocycles. The minimum Gasteiger partial charge on any atom is -0.505 e. The van der Waals surface area contributed by atoms with Gasteiger partial charge in [0.2, 0.25) is 0 Å². The largest absolute Gasteiger partial charge is 0.505 e. The molecular weight excluding hydrogens is 334 g/mol. The normalized spacial score (nSPS) is 13.1. The summed E-state index contributed by atoms with van der Waals surface area (Å²) in [5, 5.41) is 9.40. The second-order valence-electron chi connectivity index (χ2n) is 4.36. The zero-order valence-electron chi connectivity index (χ0n) is 12.8. The molecule has 5 nitrogen and oxygen atoms in total. The number of hydrogen-bond acceptors (Lipinski definition) is 5. The summed E-state index contributed by atoms with van der Waals surface area (Å²) in [7, 11) is 1.43. The van der Waals surface area contributed by atoms with Gasteiger partial charge in [0, 0.05) is 6.21 Å². The molecule has 0 aliphatic carbocycles. The Bertz CT molecular complexity index is 627. The first kappa shape index (κ1) is 19.5. The molecule has 0 spiro atoms. The van der Waals surface area contributed by atoms with Crippen molar-refractivity contribution in [1.82, 2.24) is 0 Å². The third-order valence-electron chi connectivity index (χ3n) is 2.76. The van der Waals surface area contributed by atoms with Gasteiger partial charge >= 0.3 is 18.3 Å². The molecule has 0 amide bonds. The minimum absolute atomic E-state index is 0.202. The lowest BCUT2D eigenvalue weighted by Crippen LogP contribution is -2.32. The van der Waals surface area contributed by atoms with Gasteiger partial charge in [-0.3, -0.25) is 4.99 Å². The lowest BCUT2D eigenvalue weighted by molar-refractivity contribution is -0.140. The molecule has 132 valence electrons. The number of benzene rings is 1. The second-order valence-corrected chi connectivity index (χ2v) is 4.36. The molecule has 0 saturated carbocycles. The van der Waals surface area contributed by atoms with E-state index < -0.39 is 29.6 Å². The Balaban J connectivity index is 3.23. The summed E-state index contributed by atoms with van der Waals surface area (Å²) in [6, 6.07) is 5.88. The number of halogens is 4. The van der Waals surface area contributed by atoms with Gasteiger partial charge < -0.3 is 14.6 Å². The zero-order chi connectivity index (χ0) is 18.3. The summed E-state index contributed by atoms with van der Waals surface area (Å²) >= 11 is 0. The number of alkyl halides is 4. The van der Waals surface area contributed by atoms with Gasteiger partial charge in [-0.15, -0.1) is 0 Å². The SMILES string of the molecule is CCOC(=O)/C(C=Nc1ccc(OC)cc1)=C(/O)C(F)(F)C(F)F. The number of aliphatic hydroxyl groups excluding tert-OH is 1. The molecule has 0 heterocycles. The molecule has 24 heavy (non-hydrogen) atoms. The molecule has 0 aromatic heterocycles. The van der Waals surface area contributed by atoms with E-state index in [1.807, 2.05) is 0 Å². The number of esters is 1. The third-order valence-corrected chi connectivity index (χ3v) is 2.76. The van der Waals surface area contributed by atoms with Gasteiger partial charge in [-0.1, -0.05) is 0 Å². The molecule has 1 N–H and O–H groups in total. The van der Waals surface area contributed by atoms with E-state index in [0.717, 1.165) is 0 Å². The summed E-state index contributed by atoms with van der Waals surface area (Å²) < 4.78 is 60.7. The number of allylic oxidation sites excluding steroid dienone is 1. The summed E-state index contributed by atoms with van der Waals surface area (Å²) in [6.45, 7) is 1.19. The number of aliphatic imine (C=N–C) groups is 1. The van der Waals surface area contributed by atoms with Crippen LogP contribution in [0.5, 0.6) is 5.75 Å². The van der Waals surface area contributed by atoms with E-state index in [4.69, 9.17) is 4.74 Å². The van der Waals surface area contributed by atoms with Crippen molar-refractivity contribution in [3.8, 4) is 5.75 Å². The fourth-order valence-electron chi connectivity index (χ4n) is 1.51. The Morgan fingerprint density at radius 3 is 2.38 bits per heavy atom. The highest BCUT2D eigenvalue weighted by Crippen LogP contribution is 2.31. The van der Waals surface area contributed by atoms with Crippen LogP contribution in [0.3, 0.4) is 0 Å². The Labute approximate surface area is 135 Å². The molecular formula is C15H15F4NO4. The highest BCUT2D eigenvalue weighted by molar-refractivity contribution is 6.10. The molecule has 0 aliphatic rings. The van der Waals surface area contributed by atoms with E-state index >= 15 is 0 Å². The maximum atomic E-state index is 13.3. The van der Waals surface area contributed by atoms with E-state index in [-0.39, 0.29) is 12.3 Å². The van der Waals surface area contributed by atoms with Gasteiger partial charge in [-0.2, -0.15) is 8.78 Å². The van der Waals surface area contributed by atoms with Crippen LogP contribution in [-0.2, 0) is 9.53 Å². The van der Waals surface area contributed by atoms with E-state index in [1.54, 1.807) is 0 Å². The lowest BCUT2D eigenvalue weighted by Gasteiger charge is -2.16. The highest BCUT2D eigenvalue weighted by atomic mass is 19.3. The summed E-state index contributed by atoms with van der Waals surface area (Å²) in [4.78, 5) is 15.3. The maximum Gasteiger partial charge on any atom is 0.363 e. The van der Waals surface area contributed by atoms with Crippen molar-refractivity contribution < 1.29 is 36.9 Å². The van der Waals surface area contributed by atoms with Crippen molar-refractivity contribution in [2.75, 3.05) is 13.7 Å². The lowest BCUT2D eigenvalue weighted by atomic mass is 10.1. The van der Waals surface area contributed by atoms with Crippen LogP contribution in [0.15, 0.2) is 40.6 Å². The van der Waals surface area contributed by atoms with Crippen molar-refractivity contribution >= 4 is 17.9 Å². The first-order valence-electron chi connectivity index (χ1n) is 6.68. The molecule has 1 aromatic rings. The van der Waals surface area contributed by atoms with Crippen molar-refractivity contribution in [1.29, 1.82) is 0 Å². The average Bonchev–Trinajstić information content (AvgIpc) is 2.55. The van der Waals surface area contributed by atoms with Crippen LogP contribution < -0.4 is 4.74 Å². The molecule has 1 rings (SSSR count). The van der Waals surface area contributed by atoms with Gasteiger partial charge in [0.05, 0.1) is 19.4 Å². The summed E-state index contributed by atoms with van der Waals surface area (Å²) in [5.41, 5.74) is -0.941. The van der Waals surface area contributed by atoms with Crippen LogP contribution in [0.1, 0.15) is 6.92 Å². The van der Waals surface area contributed by atoms with Gasteiger partial charge in [-0.25, -0.2) is 13.6 Å². The number of ether oxygens (including phenoxy) is 2. The van der Waals surface area contributed by atoms with E-state index in [2.05, 4.69) is 9.73 Å². The van der Waals surface area contributed by atoms with Gasteiger partial charge in [0.15, 0.2) is 5.76 Å². The number of aliphatic hydroxyl groups is 1. The van der Waals surface area contributed by atoms with Crippen LogP contribution in [0.2, 0.25) is 0 Å². The molecule has 0 fully saturated rings. The predicted octanol–water partition coefficient (Wildman–Crippen LogP) is 3.67. The zero-order valence-corrected chi connectivity index (χ0v) is 12.8. The maximum absolute atomic E-state index is 13.3. The average molecular weight is 349 g/mol. The molecule has 0 radical (unpaired) electrons. The number of nitrogens with zero attached hydrogens (tertiary/aromatic N) is 1. The van der Waals surface area contributed by atoms with Gasteiger partial charge in [0.25, 0.3) is 0 Å². The van der Waals surface area contributed by atoms with E-state index in [9.17, 15) is 27.5 Å². The van der Waals surface area contributed by atoms with Gasteiger partial charge in [-0.05, 0) is 31.2 Å². The molecule has 0 aliphatic heterocycles. The number of carbonyl (C=O) groups excluding carboxylic acids is 1. The standard InChI is InChI=1S/C15H15F4NO4/c1-3-24-13(22)11(12(21)15(18,19)14(16)17)8-20-9-4-6-10(23-2)7-5-9/h4-8,14,21H,3H2,1-2H3/b12-11+,20-8?. The van der Waals surface area contributed by atoms with Crippen LogP contribution in [0.25, 0.3) is 0 Å². The fraction of sp³-hybridized carbons (Fsp3) is 0.333. The van der Waals surface area contributed by atoms with Crippen molar-refractivity contribution in [3.63, 3.8) is 0 Å². The first-order valence-corrected chi connectivity index (χ1v) is 6.68. The quantitative estimate of drug-likeness (QED) is 0.268. The number of rotatable bonds is 7. The van der Waals surface area contributed by atoms with E-state index in [1.165, 1.54) is 38.3 Å². The Kier molecular flexibility index (Phi) is 6.75. The number of methoxy groups -OCH3 is 1. The Morgan fingerprint density at radius 2 is 1.92 bits per heavy atom. The number of carbonyl (C=O) groups is 1. The van der Waals surface area contributed by atoms with Crippen LogP contribution >= 0.6 is 0 Å². The summed E-state index contributed by atoms with van der Waals surface area (Å²) in [6.07, 6.45) is -3.65. The molecule has 9 heteroatoms.